The summed E-state index contributed by atoms with van der Waals surface area (Å²) in [5.74, 6) is -0.716. The lowest BCUT2D eigenvalue weighted by atomic mass is 10.1. The van der Waals surface area contributed by atoms with Crippen molar-refractivity contribution in [2.45, 2.75) is 6.92 Å². The Labute approximate surface area is 181 Å². The average Bonchev–Trinajstić information content (AvgIpc) is 2.79. The van der Waals surface area contributed by atoms with Crippen LogP contribution in [0.4, 0.5) is 15.8 Å². The molecular formula is C25H24FN3O2. The molecule has 0 radical (unpaired) electrons. The van der Waals surface area contributed by atoms with Crippen LogP contribution < -0.4 is 10.2 Å². The number of amides is 2. The Kier molecular flexibility index (Phi) is 5.98. The van der Waals surface area contributed by atoms with Gasteiger partial charge in [-0.25, -0.2) is 4.39 Å². The Bertz CT molecular complexity index is 1090. The summed E-state index contributed by atoms with van der Waals surface area (Å²) >= 11 is 0. The maximum absolute atomic E-state index is 13.3. The van der Waals surface area contributed by atoms with E-state index in [2.05, 4.69) is 10.2 Å². The first-order valence-electron chi connectivity index (χ1n) is 10.3. The first kappa shape index (κ1) is 20.6. The summed E-state index contributed by atoms with van der Waals surface area (Å²) in [7, 11) is 0. The molecule has 1 saturated heterocycles. The highest BCUT2D eigenvalue weighted by atomic mass is 19.1. The number of halogens is 1. The largest absolute Gasteiger partial charge is 0.368 e. The quantitative estimate of drug-likeness (QED) is 0.687. The van der Waals surface area contributed by atoms with Crippen LogP contribution in [0.15, 0.2) is 72.8 Å². The van der Waals surface area contributed by atoms with Gasteiger partial charge in [0.05, 0.1) is 0 Å². The zero-order valence-corrected chi connectivity index (χ0v) is 17.3. The van der Waals surface area contributed by atoms with Crippen LogP contribution in [0.2, 0.25) is 0 Å². The van der Waals surface area contributed by atoms with Crippen LogP contribution >= 0.6 is 0 Å². The minimum atomic E-state index is -0.442. The van der Waals surface area contributed by atoms with Crippen LogP contribution in [-0.2, 0) is 0 Å². The van der Waals surface area contributed by atoms with Crippen molar-refractivity contribution in [3.63, 3.8) is 0 Å². The zero-order valence-electron chi connectivity index (χ0n) is 17.3. The minimum Gasteiger partial charge on any atom is -0.368 e. The molecule has 0 unspecified atom stereocenters. The van der Waals surface area contributed by atoms with Gasteiger partial charge in [-0.2, -0.15) is 0 Å². The van der Waals surface area contributed by atoms with Crippen molar-refractivity contribution >= 4 is 23.2 Å². The molecule has 1 aliphatic heterocycles. The number of nitrogens with zero attached hydrogens (tertiary/aromatic N) is 2. The Morgan fingerprint density at radius 1 is 0.871 bits per heavy atom. The van der Waals surface area contributed by atoms with E-state index >= 15 is 0 Å². The average molecular weight is 417 g/mol. The van der Waals surface area contributed by atoms with Gasteiger partial charge in [0.2, 0.25) is 0 Å². The predicted molar refractivity (Wildman–Crippen MR) is 120 cm³/mol. The predicted octanol–water partition coefficient (Wildman–Crippen LogP) is 4.35. The van der Waals surface area contributed by atoms with Crippen LogP contribution in [0.25, 0.3) is 0 Å². The second-order valence-electron chi connectivity index (χ2n) is 7.61. The van der Waals surface area contributed by atoms with Gasteiger partial charge in [-0.15, -0.1) is 0 Å². The van der Waals surface area contributed by atoms with Gasteiger partial charge in [-0.05, 0) is 61.0 Å². The molecule has 158 valence electrons. The van der Waals surface area contributed by atoms with E-state index in [0.29, 0.717) is 18.8 Å². The number of rotatable bonds is 4. The number of piperazine rings is 1. The fraction of sp³-hybridized carbons (Fsp3) is 0.200. The van der Waals surface area contributed by atoms with Gasteiger partial charge >= 0.3 is 0 Å². The van der Waals surface area contributed by atoms with Gasteiger partial charge in [-0.1, -0.05) is 24.3 Å². The van der Waals surface area contributed by atoms with Crippen molar-refractivity contribution in [3.8, 4) is 0 Å². The fourth-order valence-corrected chi connectivity index (χ4v) is 3.74. The van der Waals surface area contributed by atoms with Gasteiger partial charge in [0.25, 0.3) is 11.8 Å². The summed E-state index contributed by atoms with van der Waals surface area (Å²) in [6.45, 7) is 4.76. The Morgan fingerprint density at radius 2 is 1.58 bits per heavy atom. The molecule has 5 nitrogen and oxygen atoms in total. The van der Waals surface area contributed by atoms with Crippen molar-refractivity contribution in [1.82, 2.24) is 4.90 Å². The van der Waals surface area contributed by atoms with Crippen molar-refractivity contribution in [2.75, 3.05) is 36.4 Å². The molecule has 0 atom stereocenters. The molecule has 6 heteroatoms. The number of benzene rings is 3. The fourth-order valence-electron chi connectivity index (χ4n) is 3.74. The molecule has 1 heterocycles. The number of carbonyl (C=O) groups is 2. The number of hydrogen-bond acceptors (Lipinski definition) is 3. The second-order valence-corrected chi connectivity index (χ2v) is 7.61. The third kappa shape index (κ3) is 4.74. The molecule has 3 aromatic rings. The Balaban J connectivity index is 1.35. The summed E-state index contributed by atoms with van der Waals surface area (Å²) in [6.07, 6.45) is 0. The normalized spacial score (nSPS) is 13.7. The molecule has 31 heavy (non-hydrogen) atoms. The lowest BCUT2D eigenvalue weighted by Crippen LogP contribution is -2.48. The Hall–Kier alpha value is -3.67. The summed E-state index contributed by atoms with van der Waals surface area (Å²) in [6, 6.07) is 20.8. The van der Waals surface area contributed by atoms with Crippen molar-refractivity contribution < 1.29 is 14.0 Å². The third-order valence-corrected chi connectivity index (χ3v) is 5.52. The van der Waals surface area contributed by atoms with Crippen LogP contribution in [0.1, 0.15) is 26.3 Å². The molecule has 4 rings (SSSR count). The van der Waals surface area contributed by atoms with E-state index < -0.39 is 5.82 Å². The Morgan fingerprint density at radius 3 is 2.26 bits per heavy atom. The molecule has 1 N–H and O–H groups in total. The van der Waals surface area contributed by atoms with Crippen molar-refractivity contribution in [1.29, 1.82) is 0 Å². The lowest BCUT2D eigenvalue weighted by molar-refractivity contribution is 0.0746. The number of carbonyl (C=O) groups excluding carboxylic acids is 2. The molecule has 3 aromatic carbocycles. The molecular weight excluding hydrogens is 393 g/mol. The van der Waals surface area contributed by atoms with Crippen molar-refractivity contribution in [3.05, 3.63) is 95.3 Å². The van der Waals surface area contributed by atoms with Gasteiger partial charge in [-0.3, -0.25) is 9.59 Å². The number of aryl methyl sites for hydroxylation is 1. The number of anilines is 2. The highest BCUT2D eigenvalue weighted by molar-refractivity contribution is 6.04. The zero-order chi connectivity index (χ0) is 21.8. The van der Waals surface area contributed by atoms with Crippen LogP contribution in [0, 0.1) is 12.7 Å². The first-order chi connectivity index (χ1) is 15.0. The second kappa shape index (κ2) is 9.00. The molecule has 1 fully saturated rings. The van der Waals surface area contributed by atoms with E-state index in [4.69, 9.17) is 0 Å². The SMILES string of the molecule is Cc1ccccc1C(=O)N1CCN(c2ccc(NC(=O)c3cccc(F)c3)cc2)CC1. The van der Waals surface area contributed by atoms with Crippen LogP contribution in [0.5, 0.6) is 0 Å². The molecule has 1 aliphatic rings. The van der Waals surface area contributed by atoms with E-state index in [-0.39, 0.29) is 17.4 Å². The summed E-state index contributed by atoms with van der Waals surface area (Å²) in [5, 5.41) is 2.78. The topological polar surface area (TPSA) is 52.7 Å². The van der Waals surface area contributed by atoms with Crippen LogP contribution in [0.3, 0.4) is 0 Å². The third-order valence-electron chi connectivity index (χ3n) is 5.52. The van der Waals surface area contributed by atoms with E-state index in [0.717, 1.165) is 29.9 Å². The van der Waals surface area contributed by atoms with Gasteiger partial charge in [0, 0.05) is 48.7 Å². The van der Waals surface area contributed by atoms with E-state index in [1.165, 1.54) is 18.2 Å². The molecule has 0 bridgehead atoms. The molecule has 0 aromatic heterocycles. The smallest absolute Gasteiger partial charge is 0.255 e. The maximum Gasteiger partial charge on any atom is 0.255 e. The number of nitrogens with one attached hydrogen (secondary N) is 1. The van der Waals surface area contributed by atoms with E-state index in [1.807, 2.05) is 60.4 Å². The lowest BCUT2D eigenvalue weighted by Gasteiger charge is -2.36. The monoisotopic (exact) mass is 417 g/mol. The first-order valence-corrected chi connectivity index (χ1v) is 10.3. The van der Waals surface area contributed by atoms with Gasteiger partial charge < -0.3 is 15.1 Å². The van der Waals surface area contributed by atoms with Crippen LogP contribution in [-0.4, -0.2) is 42.9 Å². The maximum atomic E-state index is 13.3. The van der Waals surface area contributed by atoms with Crippen molar-refractivity contribution in [2.24, 2.45) is 0 Å². The van der Waals surface area contributed by atoms with E-state index in [1.54, 1.807) is 6.07 Å². The summed E-state index contributed by atoms with van der Waals surface area (Å²) < 4.78 is 13.3. The summed E-state index contributed by atoms with van der Waals surface area (Å²) in [4.78, 5) is 29.2. The summed E-state index contributed by atoms with van der Waals surface area (Å²) in [5.41, 5.74) is 3.71. The minimum absolute atomic E-state index is 0.0770. The van der Waals surface area contributed by atoms with E-state index in [9.17, 15) is 14.0 Å². The van der Waals surface area contributed by atoms with Gasteiger partial charge in [0.15, 0.2) is 0 Å². The molecule has 2 amide bonds. The molecule has 0 spiro atoms. The van der Waals surface area contributed by atoms with Gasteiger partial charge in [0.1, 0.15) is 5.82 Å². The molecule has 0 saturated carbocycles. The molecule has 0 aliphatic carbocycles. The highest BCUT2D eigenvalue weighted by Crippen LogP contribution is 2.21. The highest BCUT2D eigenvalue weighted by Gasteiger charge is 2.23. The standard InChI is InChI=1S/C25H24FN3O2/c1-18-5-2-3-8-23(18)25(31)29-15-13-28(14-16-29)22-11-9-21(10-12-22)27-24(30)19-6-4-7-20(26)17-19/h2-12,17H,13-16H2,1H3,(H,27,30). The number of hydrogen-bond donors (Lipinski definition) is 1.